The molecule has 1 heterocycles. The van der Waals surface area contributed by atoms with Gasteiger partial charge in [0.15, 0.2) is 0 Å². The molecule has 1 aliphatic rings. The third-order valence-electron chi connectivity index (χ3n) is 6.13. The van der Waals surface area contributed by atoms with Crippen LogP contribution >= 0.6 is 11.8 Å². The van der Waals surface area contributed by atoms with Gasteiger partial charge in [-0.2, -0.15) is 0 Å². The Labute approximate surface area is 211 Å². The zero-order valence-electron chi connectivity index (χ0n) is 20.1. The summed E-state index contributed by atoms with van der Waals surface area (Å²) >= 11 is 1.52. The highest BCUT2D eigenvalue weighted by atomic mass is 32.2. The van der Waals surface area contributed by atoms with Crippen LogP contribution in [0.25, 0.3) is 0 Å². The molecule has 184 valence electrons. The minimum atomic E-state index is -1.14. The quantitative estimate of drug-likeness (QED) is 0.407. The predicted octanol–water partition coefficient (Wildman–Crippen LogP) is 4.47. The average Bonchev–Trinajstić information content (AvgIpc) is 3.01. The molecule has 1 amide bonds. The number of carbonyl (C=O) groups excluding carboxylic acids is 1. The molecule has 2 atom stereocenters. The molecule has 35 heavy (non-hydrogen) atoms. The lowest BCUT2D eigenvalue weighted by atomic mass is 10.1. The number of methoxy groups -OCH3 is 2. The number of aliphatic hydroxyl groups is 1. The summed E-state index contributed by atoms with van der Waals surface area (Å²) < 4.78 is 10.5. The summed E-state index contributed by atoms with van der Waals surface area (Å²) in [5.41, 5.74) is 2.98. The van der Waals surface area contributed by atoms with E-state index >= 15 is 0 Å². The van der Waals surface area contributed by atoms with Crippen LogP contribution in [0, 0.1) is 0 Å². The fourth-order valence-corrected chi connectivity index (χ4v) is 5.49. The highest BCUT2D eigenvalue weighted by Gasteiger charge is 2.37. The summed E-state index contributed by atoms with van der Waals surface area (Å²) in [6.45, 7) is 1.97. The van der Waals surface area contributed by atoms with Gasteiger partial charge in [0, 0.05) is 18.0 Å². The molecule has 0 spiro atoms. The van der Waals surface area contributed by atoms with Gasteiger partial charge in [0.1, 0.15) is 17.6 Å². The van der Waals surface area contributed by atoms with Crippen LogP contribution in [0.15, 0.2) is 77.7 Å². The number of hydrogen-bond acceptors (Lipinski definition) is 6. The monoisotopic (exact) mass is 492 g/mol. The summed E-state index contributed by atoms with van der Waals surface area (Å²) in [4.78, 5) is 16.1. The summed E-state index contributed by atoms with van der Waals surface area (Å²) in [6.07, 6.45) is 0.790. The lowest BCUT2D eigenvalue weighted by Crippen LogP contribution is -2.43. The number of anilines is 1. The number of thioether (sulfide) groups is 1. The van der Waals surface area contributed by atoms with Crippen molar-refractivity contribution in [3.63, 3.8) is 0 Å². The second kappa shape index (κ2) is 12.1. The molecule has 0 saturated heterocycles. The molecule has 2 unspecified atom stereocenters. The summed E-state index contributed by atoms with van der Waals surface area (Å²) in [5.74, 6) is 1.34. The van der Waals surface area contributed by atoms with Crippen molar-refractivity contribution < 1.29 is 19.4 Å². The van der Waals surface area contributed by atoms with Crippen molar-refractivity contribution in [3.8, 4) is 11.5 Å². The Bertz CT molecular complexity index is 1120. The summed E-state index contributed by atoms with van der Waals surface area (Å²) in [7, 11) is 3.30. The molecule has 6 nitrogen and oxygen atoms in total. The van der Waals surface area contributed by atoms with E-state index in [2.05, 4.69) is 17.4 Å². The average molecular weight is 493 g/mol. The largest absolute Gasteiger partial charge is 0.497 e. The first-order valence-corrected chi connectivity index (χ1v) is 12.7. The molecule has 0 saturated carbocycles. The van der Waals surface area contributed by atoms with E-state index in [1.165, 1.54) is 17.3 Å². The lowest BCUT2D eigenvalue weighted by Gasteiger charge is -2.25. The first-order valence-electron chi connectivity index (χ1n) is 11.8. The first kappa shape index (κ1) is 25.1. The van der Waals surface area contributed by atoms with Gasteiger partial charge in [-0.3, -0.25) is 4.79 Å². The van der Waals surface area contributed by atoms with Gasteiger partial charge in [0.05, 0.1) is 25.2 Å². The number of hydrogen-bond donors (Lipinski definition) is 2. The molecule has 0 aliphatic carbocycles. The van der Waals surface area contributed by atoms with Crippen molar-refractivity contribution >= 4 is 23.4 Å². The molecular weight excluding hydrogens is 460 g/mol. The Morgan fingerprint density at radius 3 is 2.49 bits per heavy atom. The molecule has 3 aromatic carbocycles. The number of nitrogens with zero attached hydrogens (tertiary/aromatic N) is 1. The first-order chi connectivity index (χ1) is 17.1. The standard InChI is InChI=1S/C28H32N2O4S/c1-33-22-14-12-21(13-15-22)27-26(31)28(32)30(24-10-3-4-11-25(24)35-27)18-17-29-16-6-8-20-7-5-9-23(19-20)34-2/h3-5,7,9-15,19,26-27,29,31H,6,8,16-18H2,1-2H3. The van der Waals surface area contributed by atoms with E-state index in [1.54, 1.807) is 19.1 Å². The Morgan fingerprint density at radius 2 is 1.71 bits per heavy atom. The fraction of sp³-hybridized carbons (Fsp3) is 0.321. The van der Waals surface area contributed by atoms with Crippen LogP contribution in [0.1, 0.15) is 22.8 Å². The van der Waals surface area contributed by atoms with Crippen LogP contribution in [0.2, 0.25) is 0 Å². The van der Waals surface area contributed by atoms with Crippen molar-refractivity contribution in [2.24, 2.45) is 0 Å². The smallest absolute Gasteiger partial charge is 0.257 e. The van der Waals surface area contributed by atoms with Crippen LogP contribution in [0.3, 0.4) is 0 Å². The zero-order chi connectivity index (χ0) is 24.6. The van der Waals surface area contributed by atoms with E-state index in [0.29, 0.717) is 13.1 Å². The molecular formula is C28H32N2O4S. The molecule has 0 aromatic heterocycles. The number of aliphatic hydroxyl groups excluding tert-OH is 1. The van der Waals surface area contributed by atoms with Crippen molar-refractivity contribution in [2.75, 3.05) is 38.8 Å². The molecule has 3 aromatic rings. The Morgan fingerprint density at radius 1 is 0.943 bits per heavy atom. The van der Waals surface area contributed by atoms with Gasteiger partial charge in [0.25, 0.3) is 5.91 Å². The van der Waals surface area contributed by atoms with E-state index in [-0.39, 0.29) is 5.91 Å². The topological polar surface area (TPSA) is 71.0 Å². The molecule has 0 bridgehead atoms. The number of rotatable bonds is 10. The second-order valence-electron chi connectivity index (χ2n) is 8.42. The number of nitrogens with one attached hydrogen (secondary N) is 1. The third-order valence-corrected chi connectivity index (χ3v) is 7.51. The van der Waals surface area contributed by atoms with E-state index in [9.17, 15) is 9.90 Å². The zero-order valence-corrected chi connectivity index (χ0v) is 21.0. The van der Waals surface area contributed by atoms with Crippen LogP contribution in [0.5, 0.6) is 11.5 Å². The molecule has 0 fully saturated rings. The van der Waals surface area contributed by atoms with Gasteiger partial charge in [-0.1, -0.05) is 36.4 Å². The van der Waals surface area contributed by atoms with Gasteiger partial charge in [0.2, 0.25) is 0 Å². The lowest BCUT2D eigenvalue weighted by molar-refractivity contribution is -0.126. The number of para-hydroxylation sites is 1. The highest BCUT2D eigenvalue weighted by molar-refractivity contribution is 7.99. The van der Waals surface area contributed by atoms with Crippen molar-refractivity contribution in [2.45, 2.75) is 29.1 Å². The second-order valence-corrected chi connectivity index (χ2v) is 9.60. The minimum Gasteiger partial charge on any atom is -0.497 e. The fourth-order valence-electron chi connectivity index (χ4n) is 4.22. The Balaban J connectivity index is 1.38. The van der Waals surface area contributed by atoms with Crippen molar-refractivity contribution in [1.29, 1.82) is 0 Å². The van der Waals surface area contributed by atoms with Crippen LogP contribution in [0.4, 0.5) is 5.69 Å². The third kappa shape index (κ3) is 6.17. The van der Waals surface area contributed by atoms with Gasteiger partial charge < -0.3 is 24.8 Å². The Hall–Kier alpha value is -3.00. The molecule has 1 aliphatic heterocycles. The normalized spacial score (nSPS) is 17.6. The maximum absolute atomic E-state index is 13.4. The number of carbonyl (C=O) groups is 1. The summed E-state index contributed by atoms with van der Waals surface area (Å²) in [5, 5.41) is 14.1. The van der Waals surface area contributed by atoms with E-state index in [4.69, 9.17) is 9.47 Å². The van der Waals surface area contributed by atoms with Crippen LogP contribution in [-0.2, 0) is 11.2 Å². The molecule has 2 N–H and O–H groups in total. The predicted molar refractivity (Wildman–Crippen MR) is 141 cm³/mol. The molecule has 7 heteroatoms. The maximum atomic E-state index is 13.4. The number of amides is 1. The van der Waals surface area contributed by atoms with Gasteiger partial charge in [-0.25, -0.2) is 0 Å². The number of ether oxygens (including phenoxy) is 2. The van der Waals surface area contributed by atoms with Gasteiger partial charge in [-0.15, -0.1) is 11.8 Å². The van der Waals surface area contributed by atoms with Crippen molar-refractivity contribution in [1.82, 2.24) is 5.32 Å². The SMILES string of the molecule is COc1ccc(C2Sc3ccccc3N(CCNCCCc3cccc(OC)c3)C(=O)C2O)cc1. The van der Waals surface area contributed by atoms with Gasteiger partial charge in [-0.05, 0) is 66.9 Å². The van der Waals surface area contributed by atoms with Crippen LogP contribution < -0.4 is 19.7 Å². The number of benzene rings is 3. The van der Waals surface area contributed by atoms with E-state index < -0.39 is 11.4 Å². The van der Waals surface area contributed by atoms with Crippen molar-refractivity contribution in [3.05, 3.63) is 83.9 Å². The maximum Gasteiger partial charge on any atom is 0.257 e. The van der Waals surface area contributed by atoms with Crippen LogP contribution in [-0.4, -0.2) is 51.0 Å². The van der Waals surface area contributed by atoms with E-state index in [1.807, 2.05) is 60.7 Å². The molecule has 4 rings (SSSR count). The minimum absolute atomic E-state index is 0.276. The number of fused-ring (bicyclic) bond motifs is 1. The summed E-state index contributed by atoms with van der Waals surface area (Å²) in [6, 6.07) is 23.5. The Kier molecular flexibility index (Phi) is 8.69. The van der Waals surface area contributed by atoms with Gasteiger partial charge >= 0.3 is 0 Å². The number of aryl methyl sites for hydroxylation is 1. The van der Waals surface area contributed by atoms with E-state index in [0.717, 1.165) is 47.0 Å². The molecule has 0 radical (unpaired) electrons. The highest BCUT2D eigenvalue weighted by Crippen LogP contribution is 2.45.